The van der Waals surface area contributed by atoms with E-state index in [0.717, 1.165) is 11.1 Å². The second kappa shape index (κ2) is 13.8. The van der Waals surface area contributed by atoms with Crippen molar-refractivity contribution in [1.82, 2.24) is 20.5 Å². The quantitative estimate of drug-likeness (QED) is 0.300. The zero-order valence-electron chi connectivity index (χ0n) is 23.5. The summed E-state index contributed by atoms with van der Waals surface area (Å²) in [5.41, 5.74) is 2.28. The van der Waals surface area contributed by atoms with Gasteiger partial charge in [0, 0.05) is 18.6 Å². The average molecular weight is 587 g/mol. The normalized spacial score (nSPS) is 19.3. The number of halogens is 1. The zero-order valence-corrected chi connectivity index (χ0v) is 24.3. The van der Waals surface area contributed by atoms with Gasteiger partial charge in [0.15, 0.2) is 0 Å². The summed E-state index contributed by atoms with van der Waals surface area (Å²) in [5, 5.41) is 11.2. The van der Waals surface area contributed by atoms with Crippen molar-refractivity contribution in [1.29, 1.82) is 0 Å². The smallest absolute Gasteiger partial charge is 0.408 e. The second-order valence-electron chi connectivity index (χ2n) is 10.6. The molecule has 11 nitrogen and oxygen atoms in total. The summed E-state index contributed by atoms with van der Waals surface area (Å²) in [7, 11) is 1.65. The van der Waals surface area contributed by atoms with Gasteiger partial charge in [-0.05, 0) is 68.2 Å². The minimum absolute atomic E-state index is 0.0157. The SMILES string of the molecule is COC1C=CC(COC(=O)[C@@H](CC2=CCC(OCOn3nnc4ccc(Cl)cc43)C=C2)NC(=O)OC(C)(C)C)=CC1. The maximum absolute atomic E-state index is 13.0. The van der Waals surface area contributed by atoms with E-state index in [1.165, 1.54) is 4.85 Å². The molecular weight excluding hydrogens is 552 g/mol. The maximum Gasteiger partial charge on any atom is 0.408 e. The van der Waals surface area contributed by atoms with Crippen molar-refractivity contribution in [2.75, 3.05) is 20.5 Å². The Balaban J connectivity index is 1.30. The summed E-state index contributed by atoms with van der Waals surface area (Å²) in [6.45, 7) is 5.30. The van der Waals surface area contributed by atoms with E-state index in [1.807, 2.05) is 36.5 Å². The number of carbonyl (C=O) groups excluding carboxylic acids is 2. The van der Waals surface area contributed by atoms with Crippen LogP contribution in [-0.4, -0.2) is 71.6 Å². The van der Waals surface area contributed by atoms with Crippen LogP contribution in [0, 0.1) is 0 Å². The van der Waals surface area contributed by atoms with E-state index in [1.54, 1.807) is 46.1 Å². The number of alkyl carbamates (subject to hydrolysis) is 1. The Morgan fingerprint density at radius 3 is 2.54 bits per heavy atom. The molecule has 12 heteroatoms. The van der Waals surface area contributed by atoms with Gasteiger partial charge in [-0.25, -0.2) is 9.59 Å². The van der Waals surface area contributed by atoms with Gasteiger partial charge in [-0.3, -0.25) is 0 Å². The fourth-order valence-electron chi connectivity index (χ4n) is 4.12. The van der Waals surface area contributed by atoms with Crippen molar-refractivity contribution in [3.8, 4) is 0 Å². The molecule has 220 valence electrons. The van der Waals surface area contributed by atoms with Gasteiger partial charge in [-0.1, -0.05) is 52.9 Å². The lowest BCUT2D eigenvalue weighted by Crippen LogP contribution is -2.44. The van der Waals surface area contributed by atoms with Crippen molar-refractivity contribution in [2.45, 2.75) is 63.9 Å². The van der Waals surface area contributed by atoms with Gasteiger partial charge in [0.05, 0.1) is 12.2 Å². The highest BCUT2D eigenvalue weighted by Gasteiger charge is 2.27. The van der Waals surface area contributed by atoms with E-state index in [-0.39, 0.29) is 32.0 Å². The number of nitrogens with zero attached hydrogens (tertiary/aromatic N) is 3. The standard InChI is InChI=1S/C29H35ClN4O7/c1-29(2,3)41-28(36)31-25(27(35)38-17-20-7-10-22(37-4)11-8-20)15-19-5-12-23(13-6-19)39-18-40-34-26-16-21(30)9-14-24(26)32-33-34/h5-10,12,14,16,22-23,25H,11,13,15,17-18H2,1-4H3,(H,31,36)/t22?,23?,25-/m1/s1. The number of hydrogen-bond acceptors (Lipinski definition) is 9. The minimum atomic E-state index is -0.936. The van der Waals surface area contributed by atoms with Crippen molar-refractivity contribution in [2.24, 2.45) is 0 Å². The summed E-state index contributed by atoms with van der Waals surface area (Å²) in [4.78, 5) is 32.4. The number of benzene rings is 1. The maximum atomic E-state index is 13.0. The Kier molecular flexibility index (Phi) is 10.2. The Morgan fingerprint density at radius 1 is 1.12 bits per heavy atom. The zero-order chi connectivity index (χ0) is 29.4. The van der Waals surface area contributed by atoms with Crippen molar-refractivity contribution >= 4 is 34.7 Å². The van der Waals surface area contributed by atoms with Gasteiger partial charge in [0.2, 0.25) is 6.79 Å². The number of ether oxygens (including phenoxy) is 4. The molecule has 0 bridgehead atoms. The fourth-order valence-corrected chi connectivity index (χ4v) is 4.28. The van der Waals surface area contributed by atoms with Crippen LogP contribution in [0.2, 0.25) is 5.02 Å². The third-order valence-electron chi connectivity index (χ3n) is 6.21. The second-order valence-corrected chi connectivity index (χ2v) is 11.0. The highest BCUT2D eigenvalue weighted by atomic mass is 35.5. The Bertz CT molecular complexity index is 1360. The third kappa shape index (κ3) is 9.17. The number of rotatable bonds is 11. The number of amides is 1. The number of nitrogens with one attached hydrogen (secondary N) is 1. The molecule has 1 aromatic carbocycles. The average Bonchev–Trinajstić information content (AvgIpc) is 3.33. The van der Waals surface area contributed by atoms with Crippen LogP contribution in [0.15, 0.2) is 65.8 Å². The molecule has 0 spiro atoms. The number of fused-ring (bicyclic) bond motifs is 1. The number of carbonyl (C=O) groups is 2. The number of allylic oxidation sites excluding steroid dienone is 1. The molecule has 0 saturated heterocycles. The number of hydrogen-bond donors (Lipinski definition) is 1. The number of aromatic nitrogens is 3. The minimum Gasteiger partial charge on any atom is -0.459 e. The Labute approximate surface area is 243 Å². The van der Waals surface area contributed by atoms with Crippen LogP contribution in [0.25, 0.3) is 11.0 Å². The molecule has 1 heterocycles. The highest BCUT2D eigenvalue weighted by molar-refractivity contribution is 6.31. The van der Waals surface area contributed by atoms with Gasteiger partial charge in [0.1, 0.15) is 29.3 Å². The molecule has 0 radical (unpaired) electrons. The molecule has 0 saturated carbocycles. The van der Waals surface area contributed by atoms with Crippen molar-refractivity contribution in [3.63, 3.8) is 0 Å². The monoisotopic (exact) mass is 586 g/mol. The molecule has 0 fully saturated rings. The first-order valence-electron chi connectivity index (χ1n) is 13.3. The molecule has 1 amide bonds. The molecule has 2 aliphatic carbocycles. The van der Waals surface area contributed by atoms with Crippen LogP contribution in [0.5, 0.6) is 0 Å². The predicted octanol–water partition coefficient (Wildman–Crippen LogP) is 4.47. The number of esters is 1. The topological polar surface area (TPSA) is 123 Å². The van der Waals surface area contributed by atoms with Crippen LogP contribution >= 0.6 is 11.6 Å². The Morgan fingerprint density at radius 2 is 1.85 bits per heavy atom. The van der Waals surface area contributed by atoms with Crippen molar-refractivity contribution in [3.05, 3.63) is 70.8 Å². The van der Waals surface area contributed by atoms with Gasteiger partial charge in [-0.2, -0.15) is 0 Å². The van der Waals surface area contributed by atoms with Crippen LogP contribution in [0.1, 0.15) is 40.0 Å². The predicted molar refractivity (Wildman–Crippen MR) is 152 cm³/mol. The molecule has 3 atom stereocenters. The van der Waals surface area contributed by atoms with Crippen LogP contribution in [0.4, 0.5) is 4.79 Å². The molecule has 1 N–H and O–H groups in total. The van der Waals surface area contributed by atoms with Crippen LogP contribution < -0.4 is 10.2 Å². The Hall–Kier alpha value is -3.67. The number of methoxy groups -OCH3 is 1. The molecular formula is C29H35ClN4O7. The largest absolute Gasteiger partial charge is 0.459 e. The molecule has 1 aromatic heterocycles. The first-order chi connectivity index (χ1) is 19.6. The fraction of sp³-hybridized carbons (Fsp3) is 0.448. The van der Waals surface area contributed by atoms with E-state index < -0.39 is 23.7 Å². The van der Waals surface area contributed by atoms with Gasteiger partial charge < -0.3 is 29.1 Å². The first-order valence-corrected chi connectivity index (χ1v) is 13.7. The van der Waals surface area contributed by atoms with Crippen molar-refractivity contribution < 1.29 is 33.4 Å². The first kappa shape index (κ1) is 30.3. The molecule has 2 unspecified atom stereocenters. The van der Waals surface area contributed by atoms with E-state index in [0.29, 0.717) is 28.9 Å². The molecule has 0 aliphatic heterocycles. The van der Waals surface area contributed by atoms with E-state index in [2.05, 4.69) is 15.6 Å². The lowest BCUT2D eigenvalue weighted by Gasteiger charge is -2.24. The van der Waals surface area contributed by atoms with E-state index >= 15 is 0 Å². The van der Waals surface area contributed by atoms with E-state index in [4.69, 9.17) is 35.4 Å². The summed E-state index contributed by atoms with van der Waals surface area (Å²) >= 11 is 6.05. The summed E-state index contributed by atoms with van der Waals surface area (Å²) in [6, 6.07) is 4.25. The lowest BCUT2D eigenvalue weighted by molar-refractivity contribution is -0.145. The van der Waals surface area contributed by atoms with Gasteiger partial charge in [-0.15, -0.1) is 5.10 Å². The molecule has 2 aromatic rings. The van der Waals surface area contributed by atoms with Gasteiger partial charge in [0.25, 0.3) is 0 Å². The summed E-state index contributed by atoms with van der Waals surface area (Å²) in [6.07, 6.45) is 12.0. The van der Waals surface area contributed by atoms with E-state index in [9.17, 15) is 9.59 Å². The third-order valence-corrected chi connectivity index (χ3v) is 6.44. The molecule has 41 heavy (non-hydrogen) atoms. The van der Waals surface area contributed by atoms with Crippen LogP contribution in [-0.2, 0) is 23.7 Å². The van der Waals surface area contributed by atoms with Gasteiger partial charge >= 0.3 is 12.1 Å². The summed E-state index contributed by atoms with van der Waals surface area (Å²) < 4.78 is 22.0. The lowest BCUT2D eigenvalue weighted by atomic mass is 9.98. The molecule has 4 rings (SSSR count). The van der Waals surface area contributed by atoms with Crippen LogP contribution in [0.3, 0.4) is 0 Å². The summed E-state index contributed by atoms with van der Waals surface area (Å²) in [5.74, 6) is -0.555. The highest BCUT2D eigenvalue weighted by Crippen LogP contribution is 2.20. The molecule has 2 aliphatic rings.